The highest BCUT2D eigenvalue weighted by Gasteiger charge is 2.47. The van der Waals surface area contributed by atoms with Crippen molar-refractivity contribution in [1.29, 1.82) is 0 Å². The molecule has 1 fully saturated rings. The fourth-order valence-electron chi connectivity index (χ4n) is 5.33. The van der Waals surface area contributed by atoms with Crippen LogP contribution in [0.3, 0.4) is 0 Å². The van der Waals surface area contributed by atoms with Crippen molar-refractivity contribution in [3.05, 3.63) is 47.2 Å². The second-order valence-corrected chi connectivity index (χ2v) is 9.67. The summed E-state index contributed by atoms with van der Waals surface area (Å²) in [6.45, 7) is 8.04. The van der Waals surface area contributed by atoms with Crippen LogP contribution in [0.4, 0.5) is 0 Å². The average Bonchev–Trinajstić information content (AvgIpc) is 3.58. The zero-order chi connectivity index (χ0) is 25.7. The first-order valence-electron chi connectivity index (χ1n) is 13.0. The van der Waals surface area contributed by atoms with E-state index in [1.165, 1.54) is 5.06 Å². The SMILES string of the molecule is CCCON(CCC)C(=O)CN1C[C@H](c2ccc3c(c2)CCO3)C(C(=O)O)[C@@H]1CCc1ncc(C)o1. The van der Waals surface area contributed by atoms with Crippen molar-refractivity contribution in [3.63, 3.8) is 0 Å². The van der Waals surface area contributed by atoms with Crippen molar-refractivity contribution in [2.45, 2.75) is 64.8 Å². The number of benzene rings is 1. The molecule has 1 aromatic carbocycles. The van der Waals surface area contributed by atoms with Crippen LogP contribution in [0.25, 0.3) is 0 Å². The Bertz CT molecular complexity index is 1050. The lowest BCUT2D eigenvalue weighted by atomic mass is 9.83. The summed E-state index contributed by atoms with van der Waals surface area (Å²) in [7, 11) is 0. The lowest BCUT2D eigenvalue weighted by Crippen LogP contribution is -2.44. The molecule has 0 radical (unpaired) electrons. The van der Waals surface area contributed by atoms with Crippen molar-refractivity contribution in [2.75, 3.05) is 32.8 Å². The summed E-state index contributed by atoms with van der Waals surface area (Å²) in [5, 5.41) is 11.8. The molecule has 0 saturated carbocycles. The van der Waals surface area contributed by atoms with Crippen LogP contribution < -0.4 is 4.74 Å². The summed E-state index contributed by atoms with van der Waals surface area (Å²) >= 11 is 0. The molecule has 9 heteroatoms. The van der Waals surface area contributed by atoms with Crippen LogP contribution in [0, 0.1) is 12.8 Å². The number of nitrogens with zero attached hydrogens (tertiary/aromatic N) is 3. The van der Waals surface area contributed by atoms with Crippen LogP contribution in [0.2, 0.25) is 0 Å². The van der Waals surface area contributed by atoms with Crippen molar-refractivity contribution < 1.29 is 28.7 Å². The standard InChI is InChI=1S/C27H37N3O6/c1-4-11-30(35-12-5-2)25(31)17-29-16-21(19-6-8-23-20(14-19)10-13-34-23)26(27(32)33)22(29)7-9-24-28-15-18(3)36-24/h6,8,14-15,21-22,26H,4-5,7,9-13,16-17H2,1-3H3,(H,32,33)/t21-,22+,26?/m1/s1. The number of likely N-dealkylation sites (tertiary alicyclic amines) is 1. The number of aromatic nitrogens is 1. The molecule has 4 rings (SSSR count). The molecule has 36 heavy (non-hydrogen) atoms. The van der Waals surface area contributed by atoms with Crippen LogP contribution in [0.1, 0.15) is 61.8 Å². The normalized spacial score (nSPS) is 21.4. The van der Waals surface area contributed by atoms with Gasteiger partial charge in [-0.3, -0.25) is 19.3 Å². The molecule has 0 bridgehead atoms. The summed E-state index contributed by atoms with van der Waals surface area (Å²) in [5.74, 6) is 0.274. The van der Waals surface area contributed by atoms with Gasteiger partial charge in [0.05, 0.1) is 31.9 Å². The number of carbonyl (C=O) groups excluding carboxylic acids is 1. The van der Waals surface area contributed by atoms with E-state index in [9.17, 15) is 14.7 Å². The van der Waals surface area contributed by atoms with Gasteiger partial charge >= 0.3 is 5.97 Å². The van der Waals surface area contributed by atoms with E-state index in [1.807, 2.05) is 37.8 Å². The number of ether oxygens (including phenoxy) is 1. The van der Waals surface area contributed by atoms with Gasteiger partial charge in [0, 0.05) is 37.9 Å². The minimum absolute atomic E-state index is 0.104. The molecule has 3 heterocycles. The van der Waals surface area contributed by atoms with Crippen LogP contribution in [0.5, 0.6) is 5.75 Å². The first-order chi connectivity index (χ1) is 17.4. The Kier molecular flexibility index (Phi) is 8.64. The zero-order valence-electron chi connectivity index (χ0n) is 21.4. The van der Waals surface area contributed by atoms with Crippen molar-refractivity contribution >= 4 is 11.9 Å². The number of aryl methyl sites for hydroxylation is 2. The van der Waals surface area contributed by atoms with Crippen LogP contribution >= 0.6 is 0 Å². The molecule has 196 valence electrons. The summed E-state index contributed by atoms with van der Waals surface area (Å²) in [6, 6.07) is 5.65. The monoisotopic (exact) mass is 499 g/mol. The minimum Gasteiger partial charge on any atom is -0.493 e. The number of fused-ring (bicyclic) bond motifs is 1. The smallest absolute Gasteiger partial charge is 0.308 e. The number of hydrogen-bond donors (Lipinski definition) is 1. The molecule has 1 saturated heterocycles. The molecule has 0 aliphatic carbocycles. The Labute approximate surface area is 212 Å². The van der Waals surface area contributed by atoms with Gasteiger partial charge in [-0.05, 0) is 43.4 Å². The number of hydroxylamine groups is 2. The first kappa shape index (κ1) is 26.2. The lowest BCUT2D eigenvalue weighted by Gasteiger charge is -2.28. The Balaban J connectivity index is 1.59. The van der Waals surface area contributed by atoms with Gasteiger partial charge in [0.1, 0.15) is 11.5 Å². The minimum atomic E-state index is -0.854. The van der Waals surface area contributed by atoms with E-state index in [2.05, 4.69) is 11.1 Å². The summed E-state index contributed by atoms with van der Waals surface area (Å²) in [5.41, 5.74) is 2.09. The number of amides is 1. The Morgan fingerprint density at radius 3 is 2.81 bits per heavy atom. The molecular weight excluding hydrogens is 462 g/mol. The number of rotatable bonds is 12. The van der Waals surface area contributed by atoms with E-state index < -0.39 is 11.9 Å². The second-order valence-electron chi connectivity index (χ2n) is 9.67. The van der Waals surface area contributed by atoms with E-state index in [0.29, 0.717) is 45.0 Å². The van der Waals surface area contributed by atoms with Crippen molar-refractivity contribution in [1.82, 2.24) is 14.9 Å². The Hall–Kier alpha value is -2.91. The zero-order valence-corrected chi connectivity index (χ0v) is 21.4. The summed E-state index contributed by atoms with van der Waals surface area (Å²) in [4.78, 5) is 37.9. The van der Waals surface area contributed by atoms with E-state index in [1.54, 1.807) is 6.20 Å². The topological polar surface area (TPSA) is 105 Å². The van der Waals surface area contributed by atoms with E-state index in [-0.39, 0.29) is 24.4 Å². The maximum atomic E-state index is 13.3. The van der Waals surface area contributed by atoms with E-state index >= 15 is 0 Å². The van der Waals surface area contributed by atoms with Crippen LogP contribution in [-0.2, 0) is 27.3 Å². The maximum absolute atomic E-state index is 13.3. The molecular formula is C27H37N3O6. The third kappa shape index (κ3) is 5.90. The molecule has 2 aromatic rings. The van der Waals surface area contributed by atoms with E-state index in [0.717, 1.165) is 41.9 Å². The number of carboxylic acids is 1. The van der Waals surface area contributed by atoms with Crippen LogP contribution in [0.15, 0.2) is 28.8 Å². The van der Waals surface area contributed by atoms with Gasteiger partial charge in [-0.25, -0.2) is 10.0 Å². The molecule has 1 aromatic heterocycles. The van der Waals surface area contributed by atoms with Crippen LogP contribution in [-0.4, -0.2) is 70.8 Å². The third-order valence-electron chi connectivity index (χ3n) is 6.99. The molecule has 2 aliphatic heterocycles. The van der Waals surface area contributed by atoms with Crippen molar-refractivity contribution in [3.8, 4) is 5.75 Å². The number of oxazole rings is 1. The largest absolute Gasteiger partial charge is 0.493 e. The fraction of sp³-hybridized carbons (Fsp3) is 0.593. The average molecular weight is 500 g/mol. The maximum Gasteiger partial charge on any atom is 0.308 e. The molecule has 9 nitrogen and oxygen atoms in total. The molecule has 1 N–H and O–H groups in total. The highest BCUT2D eigenvalue weighted by Crippen LogP contribution is 2.41. The van der Waals surface area contributed by atoms with Gasteiger partial charge in [-0.2, -0.15) is 0 Å². The summed E-state index contributed by atoms with van der Waals surface area (Å²) < 4.78 is 11.3. The van der Waals surface area contributed by atoms with Gasteiger partial charge in [-0.1, -0.05) is 26.0 Å². The fourth-order valence-corrected chi connectivity index (χ4v) is 5.33. The van der Waals surface area contributed by atoms with Gasteiger partial charge in [0.2, 0.25) is 0 Å². The Morgan fingerprint density at radius 1 is 1.28 bits per heavy atom. The Morgan fingerprint density at radius 2 is 2.11 bits per heavy atom. The second kappa shape index (κ2) is 11.9. The molecule has 2 aliphatic rings. The van der Waals surface area contributed by atoms with Gasteiger partial charge in [0.15, 0.2) is 5.89 Å². The van der Waals surface area contributed by atoms with Gasteiger partial charge in [-0.15, -0.1) is 0 Å². The predicted molar refractivity (Wildman–Crippen MR) is 133 cm³/mol. The molecule has 0 spiro atoms. The number of hydrogen-bond acceptors (Lipinski definition) is 7. The van der Waals surface area contributed by atoms with Crippen molar-refractivity contribution in [2.24, 2.45) is 5.92 Å². The lowest BCUT2D eigenvalue weighted by molar-refractivity contribution is -0.188. The van der Waals surface area contributed by atoms with Gasteiger partial charge in [0.25, 0.3) is 5.91 Å². The molecule has 1 amide bonds. The number of carboxylic acid groups (broad SMARTS) is 1. The first-order valence-corrected chi connectivity index (χ1v) is 13.0. The summed E-state index contributed by atoms with van der Waals surface area (Å²) in [6.07, 6.45) is 5.11. The quantitative estimate of drug-likeness (QED) is 0.442. The predicted octanol–water partition coefficient (Wildman–Crippen LogP) is 3.60. The molecule has 3 atom stereocenters. The highest BCUT2D eigenvalue weighted by molar-refractivity contribution is 5.78. The number of carbonyl (C=O) groups is 2. The van der Waals surface area contributed by atoms with E-state index in [4.69, 9.17) is 14.0 Å². The highest BCUT2D eigenvalue weighted by atomic mass is 16.7. The molecule has 1 unspecified atom stereocenters. The van der Waals surface area contributed by atoms with Gasteiger partial charge < -0.3 is 14.3 Å². The third-order valence-corrected chi connectivity index (χ3v) is 6.99. The number of aliphatic carboxylic acids is 1.